The van der Waals surface area contributed by atoms with Gasteiger partial charge >= 0.3 is 12.1 Å². The Morgan fingerprint density at radius 3 is 2.58 bits per heavy atom. The highest BCUT2D eigenvalue weighted by Crippen LogP contribution is 2.38. The number of carboxylic acids is 1. The number of piperidine rings is 1. The van der Waals surface area contributed by atoms with E-state index in [4.69, 9.17) is 10.8 Å². The van der Waals surface area contributed by atoms with Gasteiger partial charge in [-0.3, -0.25) is 0 Å². The van der Waals surface area contributed by atoms with E-state index in [1.165, 1.54) is 12.1 Å². The molecule has 3 aromatic rings. The van der Waals surface area contributed by atoms with Gasteiger partial charge in [0.15, 0.2) is 5.82 Å². The zero-order chi connectivity index (χ0) is 23.8. The Kier molecular flexibility index (Phi) is 5.84. The van der Waals surface area contributed by atoms with Gasteiger partial charge in [-0.05, 0) is 48.7 Å². The molecule has 172 valence electrons. The molecule has 4 N–H and O–H groups in total. The molecule has 7 nitrogen and oxygen atoms in total. The summed E-state index contributed by atoms with van der Waals surface area (Å²) in [6, 6.07) is 11.7. The second kappa shape index (κ2) is 8.61. The lowest BCUT2D eigenvalue weighted by Gasteiger charge is -2.35. The maximum absolute atomic E-state index is 13.5. The van der Waals surface area contributed by atoms with Crippen molar-refractivity contribution in [1.82, 2.24) is 10.2 Å². The number of alkyl halides is 3. The summed E-state index contributed by atoms with van der Waals surface area (Å²) in [6.07, 6.45) is -3.44. The number of halogens is 3. The maximum atomic E-state index is 13.5. The average Bonchev–Trinajstić information content (AvgIpc) is 2.79. The van der Waals surface area contributed by atoms with Crippen LogP contribution < -0.4 is 10.6 Å². The van der Waals surface area contributed by atoms with Gasteiger partial charge in [-0.2, -0.15) is 13.2 Å². The van der Waals surface area contributed by atoms with Crippen LogP contribution in [0.1, 0.15) is 40.2 Å². The number of nitrogens with zero attached hydrogens (tertiary/aromatic N) is 3. The van der Waals surface area contributed by atoms with Gasteiger partial charge in [-0.1, -0.05) is 18.2 Å². The average molecular weight is 458 g/mol. The number of hydrogen-bond acceptors (Lipinski definition) is 6. The molecule has 0 bridgehead atoms. The normalized spacial score (nSPS) is 16.6. The third-order valence-corrected chi connectivity index (χ3v) is 5.79. The minimum Gasteiger partial charge on any atom is -0.507 e. The van der Waals surface area contributed by atoms with Crippen LogP contribution in [0.2, 0.25) is 0 Å². The van der Waals surface area contributed by atoms with Crippen LogP contribution in [-0.4, -0.2) is 39.5 Å². The summed E-state index contributed by atoms with van der Waals surface area (Å²) in [6.45, 7) is 0.992. The van der Waals surface area contributed by atoms with Crippen molar-refractivity contribution in [2.45, 2.75) is 24.9 Å². The highest BCUT2D eigenvalue weighted by molar-refractivity contribution is 5.89. The monoisotopic (exact) mass is 458 g/mol. The molecular weight excluding hydrogens is 437 g/mol. The fraction of sp³-hybridized carbons (Fsp3) is 0.261. The number of phenols is 1. The molecule has 0 radical (unpaired) electrons. The van der Waals surface area contributed by atoms with Crippen molar-refractivity contribution in [3.8, 4) is 17.0 Å². The Morgan fingerprint density at radius 2 is 1.88 bits per heavy atom. The number of para-hydroxylation sites is 1. The fourth-order valence-corrected chi connectivity index (χ4v) is 4.17. The van der Waals surface area contributed by atoms with Crippen LogP contribution >= 0.6 is 0 Å². The van der Waals surface area contributed by atoms with Crippen LogP contribution in [-0.2, 0) is 6.18 Å². The second-order valence-electron chi connectivity index (χ2n) is 7.91. The lowest BCUT2D eigenvalue weighted by atomic mass is 9.88. The SMILES string of the molecule is Nc1nnc(-c2ccccc2O)cc1N1CCCC(c2ccc(C(=O)O)c(C(F)(F)F)c2)C1. The molecule has 0 amide bonds. The molecule has 1 fully saturated rings. The molecule has 2 aromatic carbocycles. The first-order valence-electron chi connectivity index (χ1n) is 10.3. The van der Waals surface area contributed by atoms with E-state index in [1.54, 1.807) is 24.3 Å². The topological polar surface area (TPSA) is 113 Å². The Labute approximate surface area is 187 Å². The van der Waals surface area contributed by atoms with E-state index in [9.17, 15) is 23.1 Å². The first-order valence-corrected chi connectivity index (χ1v) is 10.3. The standard InChI is InChI=1S/C23H21F3N4O3/c24-23(25,26)17-10-13(7-8-15(17)22(32)33)14-4-3-9-30(12-14)19-11-18(28-29-21(19)27)16-5-1-2-6-20(16)31/h1-2,5-8,10-11,14,31H,3-4,9,12H2,(H2,27,29)(H,32,33). The Hall–Kier alpha value is -3.82. The third kappa shape index (κ3) is 4.55. The van der Waals surface area contributed by atoms with Crippen LogP contribution in [0.25, 0.3) is 11.3 Å². The molecule has 1 saturated heterocycles. The highest BCUT2D eigenvalue weighted by atomic mass is 19.4. The molecule has 1 aliphatic rings. The van der Waals surface area contributed by atoms with Crippen LogP contribution in [0.5, 0.6) is 5.75 Å². The number of benzene rings is 2. The maximum Gasteiger partial charge on any atom is 0.417 e. The summed E-state index contributed by atoms with van der Waals surface area (Å²) in [5.74, 6) is -1.67. The van der Waals surface area contributed by atoms with E-state index in [1.807, 2.05) is 4.90 Å². The molecule has 1 unspecified atom stereocenters. The third-order valence-electron chi connectivity index (χ3n) is 5.79. The lowest BCUT2D eigenvalue weighted by molar-refractivity contribution is -0.138. The Balaban J connectivity index is 1.66. The van der Waals surface area contributed by atoms with Gasteiger partial charge in [0.2, 0.25) is 0 Å². The molecule has 33 heavy (non-hydrogen) atoms. The summed E-state index contributed by atoms with van der Waals surface area (Å²) < 4.78 is 40.4. The quantitative estimate of drug-likeness (QED) is 0.526. The van der Waals surface area contributed by atoms with Crippen molar-refractivity contribution in [2.24, 2.45) is 0 Å². The Bertz CT molecular complexity index is 1200. The number of nitrogens with two attached hydrogens (primary N) is 1. The lowest BCUT2D eigenvalue weighted by Crippen LogP contribution is -2.35. The number of nitrogen functional groups attached to an aromatic ring is 1. The minimum absolute atomic E-state index is 0.0391. The summed E-state index contributed by atoms with van der Waals surface area (Å²) in [5, 5.41) is 27.3. The molecule has 0 spiro atoms. The van der Waals surface area contributed by atoms with Crippen LogP contribution in [0.3, 0.4) is 0 Å². The molecule has 10 heteroatoms. The van der Waals surface area contributed by atoms with E-state index < -0.39 is 23.3 Å². The van der Waals surface area contributed by atoms with Crippen molar-refractivity contribution in [2.75, 3.05) is 23.7 Å². The number of carboxylic acid groups (broad SMARTS) is 1. The largest absolute Gasteiger partial charge is 0.507 e. The highest BCUT2D eigenvalue weighted by Gasteiger charge is 2.36. The van der Waals surface area contributed by atoms with Gasteiger partial charge in [0, 0.05) is 24.6 Å². The van der Waals surface area contributed by atoms with Gasteiger partial charge in [-0.25, -0.2) is 4.79 Å². The van der Waals surface area contributed by atoms with E-state index in [2.05, 4.69) is 10.2 Å². The number of hydrogen-bond donors (Lipinski definition) is 3. The van der Waals surface area contributed by atoms with Crippen molar-refractivity contribution in [3.63, 3.8) is 0 Å². The number of carbonyl (C=O) groups is 1. The number of anilines is 2. The van der Waals surface area contributed by atoms with Gasteiger partial charge in [0.25, 0.3) is 0 Å². The number of aromatic hydroxyl groups is 1. The number of aromatic nitrogens is 2. The Morgan fingerprint density at radius 1 is 1.12 bits per heavy atom. The fourth-order valence-electron chi connectivity index (χ4n) is 4.17. The van der Waals surface area contributed by atoms with Crippen LogP contribution in [0.4, 0.5) is 24.7 Å². The predicted molar refractivity (Wildman–Crippen MR) is 116 cm³/mol. The minimum atomic E-state index is -4.77. The van der Waals surface area contributed by atoms with E-state index in [0.29, 0.717) is 48.4 Å². The van der Waals surface area contributed by atoms with Crippen molar-refractivity contribution < 1.29 is 28.2 Å². The van der Waals surface area contributed by atoms with Gasteiger partial charge < -0.3 is 20.8 Å². The second-order valence-corrected chi connectivity index (χ2v) is 7.91. The molecule has 0 aliphatic carbocycles. The summed E-state index contributed by atoms with van der Waals surface area (Å²) >= 11 is 0. The van der Waals surface area contributed by atoms with Crippen LogP contribution in [0.15, 0.2) is 48.5 Å². The predicted octanol–water partition coefficient (Wildman–Crippen LogP) is 4.53. The molecule has 0 saturated carbocycles. The van der Waals surface area contributed by atoms with Crippen molar-refractivity contribution in [1.29, 1.82) is 0 Å². The van der Waals surface area contributed by atoms with Gasteiger partial charge in [0.1, 0.15) is 5.75 Å². The zero-order valence-electron chi connectivity index (χ0n) is 17.4. The van der Waals surface area contributed by atoms with Crippen molar-refractivity contribution >= 4 is 17.5 Å². The molecule has 2 heterocycles. The van der Waals surface area contributed by atoms with E-state index in [-0.39, 0.29) is 17.5 Å². The number of rotatable bonds is 4. The molecule has 4 rings (SSSR count). The van der Waals surface area contributed by atoms with E-state index >= 15 is 0 Å². The van der Waals surface area contributed by atoms with Gasteiger partial charge in [-0.15, -0.1) is 10.2 Å². The summed E-state index contributed by atoms with van der Waals surface area (Å²) in [5.41, 5.74) is 6.03. The molecular formula is C23H21F3N4O3. The van der Waals surface area contributed by atoms with Gasteiger partial charge in [0.05, 0.1) is 22.5 Å². The van der Waals surface area contributed by atoms with Crippen LogP contribution in [0, 0.1) is 0 Å². The number of phenolic OH excluding ortho intramolecular Hbond substituents is 1. The smallest absolute Gasteiger partial charge is 0.417 e. The first-order chi connectivity index (χ1) is 15.6. The summed E-state index contributed by atoms with van der Waals surface area (Å²) in [7, 11) is 0. The van der Waals surface area contributed by atoms with E-state index in [0.717, 1.165) is 12.1 Å². The number of aromatic carboxylic acids is 1. The first kappa shape index (κ1) is 22.4. The molecule has 1 atom stereocenters. The van der Waals surface area contributed by atoms with Crippen molar-refractivity contribution in [3.05, 3.63) is 65.2 Å². The molecule has 1 aromatic heterocycles. The summed E-state index contributed by atoms with van der Waals surface area (Å²) in [4.78, 5) is 13.2. The zero-order valence-corrected chi connectivity index (χ0v) is 17.4. The molecule has 1 aliphatic heterocycles.